The van der Waals surface area contributed by atoms with Crippen molar-refractivity contribution in [2.24, 2.45) is 0 Å². The van der Waals surface area contributed by atoms with Crippen LogP contribution in [0.15, 0.2) is 30.3 Å². The second-order valence-electron chi connectivity index (χ2n) is 5.93. The highest BCUT2D eigenvalue weighted by atomic mass is 16.5. The zero-order valence-electron chi connectivity index (χ0n) is 13.6. The summed E-state index contributed by atoms with van der Waals surface area (Å²) >= 11 is 0. The molecule has 0 spiro atoms. The third-order valence-electron chi connectivity index (χ3n) is 4.52. The van der Waals surface area contributed by atoms with Crippen molar-refractivity contribution >= 4 is 5.91 Å². The molecule has 2 aromatic rings. The number of benzene rings is 2. The Labute approximate surface area is 140 Å². The lowest BCUT2D eigenvalue weighted by Crippen LogP contribution is -2.23. The zero-order valence-corrected chi connectivity index (χ0v) is 13.6. The first-order chi connectivity index (χ1) is 11.8. The molecular weight excluding hydrogens is 306 g/mol. The molecule has 124 valence electrons. The first kappa shape index (κ1) is 14.9. The van der Waals surface area contributed by atoms with Crippen molar-refractivity contribution in [2.75, 3.05) is 20.3 Å². The number of hydrogen-bond donors (Lipinski definition) is 1. The van der Waals surface area contributed by atoms with Crippen molar-refractivity contribution in [2.45, 2.75) is 19.4 Å². The summed E-state index contributed by atoms with van der Waals surface area (Å²) in [7, 11) is 1.59. The lowest BCUT2D eigenvalue weighted by Gasteiger charge is -2.14. The average molecular weight is 325 g/mol. The van der Waals surface area contributed by atoms with Crippen LogP contribution in [0.1, 0.15) is 27.0 Å². The number of ether oxygens (including phenoxy) is 3. The normalized spacial score (nSPS) is 14.4. The van der Waals surface area contributed by atoms with Gasteiger partial charge in [-0.15, -0.1) is 0 Å². The molecule has 0 radical (unpaired) electrons. The molecule has 2 aliphatic rings. The SMILES string of the molecule is COc1cccc(C(=O)NCc2c3c(cc4c2OCC4)OCC3)c1. The largest absolute Gasteiger partial charge is 0.497 e. The van der Waals surface area contributed by atoms with E-state index in [4.69, 9.17) is 14.2 Å². The van der Waals surface area contributed by atoms with Crippen LogP contribution in [0.2, 0.25) is 0 Å². The Morgan fingerprint density at radius 2 is 2.08 bits per heavy atom. The van der Waals surface area contributed by atoms with Crippen molar-refractivity contribution in [1.29, 1.82) is 0 Å². The Hall–Kier alpha value is -2.69. The van der Waals surface area contributed by atoms with Crippen molar-refractivity contribution in [1.82, 2.24) is 5.32 Å². The minimum Gasteiger partial charge on any atom is -0.497 e. The van der Waals surface area contributed by atoms with Crippen LogP contribution < -0.4 is 19.5 Å². The topological polar surface area (TPSA) is 56.8 Å². The zero-order chi connectivity index (χ0) is 16.5. The average Bonchev–Trinajstić information content (AvgIpc) is 3.27. The number of hydrogen-bond acceptors (Lipinski definition) is 4. The minimum absolute atomic E-state index is 0.128. The first-order valence-corrected chi connectivity index (χ1v) is 8.12. The van der Waals surface area contributed by atoms with E-state index in [1.807, 2.05) is 12.1 Å². The van der Waals surface area contributed by atoms with Crippen LogP contribution in [0.5, 0.6) is 17.2 Å². The fourth-order valence-corrected chi connectivity index (χ4v) is 3.31. The van der Waals surface area contributed by atoms with Gasteiger partial charge >= 0.3 is 0 Å². The summed E-state index contributed by atoms with van der Waals surface area (Å²) in [6, 6.07) is 9.21. The number of fused-ring (bicyclic) bond motifs is 2. The van der Waals surface area contributed by atoms with E-state index in [1.54, 1.807) is 19.2 Å². The molecule has 2 aromatic carbocycles. The van der Waals surface area contributed by atoms with Gasteiger partial charge in [-0.2, -0.15) is 0 Å². The van der Waals surface area contributed by atoms with Crippen molar-refractivity contribution in [3.05, 3.63) is 52.6 Å². The molecule has 0 bridgehead atoms. The lowest BCUT2D eigenvalue weighted by molar-refractivity contribution is 0.0950. The third kappa shape index (κ3) is 2.56. The highest BCUT2D eigenvalue weighted by molar-refractivity contribution is 5.94. The second kappa shape index (κ2) is 6.07. The molecule has 0 fully saturated rings. The monoisotopic (exact) mass is 325 g/mol. The van der Waals surface area contributed by atoms with E-state index >= 15 is 0 Å². The van der Waals surface area contributed by atoms with Crippen LogP contribution in [0.3, 0.4) is 0 Å². The Kier molecular flexibility index (Phi) is 3.76. The van der Waals surface area contributed by atoms with Gasteiger partial charge in [0.1, 0.15) is 17.2 Å². The van der Waals surface area contributed by atoms with E-state index < -0.39 is 0 Å². The molecule has 2 aliphatic heterocycles. The van der Waals surface area contributed by atoms with Gasteiger partial charge in [0.15, 0.2) is 0 Å². The molecule has 2 heterocycles. The van der Waals surface area contributed by atoms with Crippen molar-refractivity contribution < 1.29 is 19.0 Å². The van der Waals surface area contributed by atoms with Crippen LogP contribution in [0, 0.1) is 0 Å². The van der Waals surface area contributed by atoms with Gasteiger partial charge in [0.05, 0.1) is 20.3 Å². The Morgan fingerprint density at radius 1 is 1.21 bits per heavy atom. The van der Waals surface area contributed by atoms with Crippen molar-refractivity contribution in [3.8, 4) is 17.2 Å². The summed E-state index contributed by atoms with van der Waals surface area (Å²) < 4.78 is 16.7. The Bertz CT molecular complexity index is 768. The molecule has 0 aromatic heterocycles. The van der Waals surface area contributed by atoms with Crippen molar-refractivity contribution in [3.63, 3.8) is 0 Å². The molecule has 5 nitrogen and oxygen atoms in total. The van der Waals surface area contributed by atoms with Crippen LogP contribution in [0.25, 0.3) is 0 Å². The Morgan fingerprint density at radius 3 is 2.96 bits per heavy atom. The van der Waals surface area contributed by atoms with Crippen LogP contribution in [-0.4, -0.2) is 26.2 Å². The number of carbonyl (C=O) groups excluding carboxylic acids is 1. The molecule has 1 N–H and O–H groups in total. The summed E-state index contributed by atoms with van der Waals surface area (Å²) in [6.07, 6.45) is 1.75. The second-order valence-corrected chi connectivity index (χ2v) is 5.93. The van der Waals surface area contributed by atoms with Gasteiger partial charge in [0.25, 0.3) is 5.91 Å². The van der Waals surface area contributed by atoms with Gasteiger partial charge in [-0.1, -0.05) is 6.07 Å². The molecule has 0 saturated carbocycles. The molecule has 0 unspecified atom stereocenters. The fourth-order valence-electron chi connectivity index (χ4n) is 3.31. The predicted molar refractivity (Wildman–Crippen MR) is 89.0 cm³/mol. The number of carbonyl (C=O) groups is 1. The summed E-state index contributed by atoms with van der Waals surface area (Å²) in [5.74, 6) is 2.40. The van der Waals surface area contributed by atoms with Gasteiger partial charge in [0, 0.05) is 41.6 Å². The van der Waals surface area contributed by atoms with Gasteiger partial charge in [-0.25, -0.2) is 0 Å². The van der Waals surface area contributed by atoms with E-state index in [1.165, 1.54) is 5.56 Å². The minimum atomic E-state index is -0.128. The molecule has 0 saturated heterocycles. The molecular formula is C19H19NO4. The standard InChI is InChI=1S/C19H19NO4/c1-22-14-4-2-3-13(9-14)19(21)20-11-16-15-6-8-23-17(15)10-12-5-7-24-18(12)16/h2-4,9-10H,5-8,11H2,1H3,(H,20,21). The molecule has 24 heavy (non-hydrogen) atoms. The quantitative estimate of drug-likeness (QED) is 0.938. The number of amides is 1. The van der Waals surface area contributed by atoms with Gasteiger partial charge in [-0.05, 0) is 24.3 Å². The van der Waals surface area contributed by atoms with E-state index in [2.05, 4.69) is 11.4 Å². The maximum atomic E-state index is 12.4. The number of rotatable bonds is 4. The fraction of sp³-hybridized carbons (Fsp3) is 0.316. The Balaban J connectivity index is 1.57. The van der Waals surface area contributed by atoms with Gasteiger partial charge < -0.3 is 19.5 Å². The smallest absolute Gasteiger partial charge is 0.251 e. The van der Waals surface area contributed by atoms with Gasteiger partial charge in [0.2, 0.25) is 0 Å². The maximum absolute atomic E-state index is 12.4. The summed E-state index contributed by atoms with van der Waals surface area (Å²) in [5.41, 5.74) is 3.95. The van der Waals surface area contributed by atoms with E-state index in [-0.39, 0.29) is 5.91 Å². The predicted octanol–water partition coefficient (Wildman–Crippen LogP) is 2.50. The number of methoxy groups -OCH3 is 1. The van der Waals surface area contributed by atoms with Crippen LogP contribution >= 0.6 is 0 Å². The molecule has 0 atom stereocenters. The highest BCUT2D eigenvalue weighted by Crippen LogP contribution is 2.40. The van der Waals surface area contributed by atoms with Crippen LogP contribution in [0.4, 0.5) is 0 Å². The number of nitrogens with one attached hydrogen (secondary N) is 1. The molecule has 5 heteroatoms. The molecule has 4 rings (SSSR count). The highest BCUT2D eigenvalue weighted by Gasteiger charge is 2.26. The summed E-state index contributed by atoms with van der Waals surface area (Å²) in [6.45, 7) is 1.81. The summed E-state index contributed by atoms with van der Waals surface area (Å²) in [5, 5.41) is 3.00. The third-order valence-corrected chi connectivity index (χ3v) is 4.52. The first-order valence-electron chi connectivity index (χ1n) is 8.12. The van der Waals surface area contributed by atoms with E-state index in [0.29, 0.717) is 31.1 Å². The summed E-state index contributed by atoms with van der Waals surface area (Å²) in [4.78, 5) is 12.4. The maximum Gasteiger partial charge on any atom is 0.251 e. The van der Waals surface area contributed by atoms with Gasteiger partial charge in [-0.3, -0.25) is 4.79 Å². The molecule has 0 aliphatic carbocycles. The van der Waals surface area contributed by atoms with E-state index in [0.717, 1.165) is 35.5 Å². The lowest BCUT2D eigenvalue weighted by atomic mass is 9.99. The van der Waals surface area contributed by atoms with Crippen LogP contribution in [-0.2, 0) is 19.4 Å². The molecule has 1 amide bonds. The van der Waals surface area contributed by atoms with E-state index in [9.17, 15) is 4.79 Å².